The Morgan fingerprint density at radius 3 is 1.54 bits per heavy atom. The topological polar surface area (TPSA) is 116 Å². The SMILES string of the molecule is N=C=O.N=[N+]=N.[NaH].c1ccncc1. The third-order valence-electron chi connectivity index (χ3n) is 0.566. The summed E-state index contributed by atoms with van der Waals surface area (Å²) in [5.41, 5.74) is 11.0. The number of isocyanates is 1. The van der Waals surface area contributed by atoms with Gasteiger partial charge >= 0.3 is 29.6 Å². The summed E-state index contributed by atoms with van der Waals surface area (Å²) in [5.74, 6) is 0. The van der Waals surface area contributed by atoms with Crippen molar-refractivity contribution in [3.8, 4) is 0 Å². The van der Waals surface area contributed by atoms with Crippen molar-refractivity contribution in [1.82, 2.24) is 9.90 Å². The molecule has 0 aromatic carbocycles. The van der Waals surface area contributed by atoms with Gasteiger partial charge in [-0.1, -0.05) is 6.07 Å². The largest absolute Gasteiger partial charge is 0.265 e. The Balaban J connectivity index is -0.000000126. The number of nitrogens with zero attached hydrogens (tertiary/aromatic N) is 2. The zero-order valence-electron chi connectivity index (χ0n) is 6.19. The number of carbonyl (C=O) groups excluding carboxylic acids is 1. The Bertz CT molecular complexity index is 202. The quantitative estimate of drug-likeness (QED) is 0.181. The van der Waals surface area contributed by atoms with Gasteiger partial charge in [-0.25, -0.2) is 10.2 Å². The number of nitrogens with one attached hydrogen (secondary N) is 3. The minimum Gasteiger partial charge on any atom is -0.265 e. The molecule has 64 valence electrons. The Kier molecular flexibility index (Phi) is 30.7. The van der Waals surface area contributed by atoms with Crippen LogP contribution in [0.3, 0.4) is 0 Å². The van der Waals surface area contributed by atoms with E-state index >= 15 is 0 Å². The van der Waals surface area contributed by atoms with E-state index in [-0.39, 0.29) is 29.6 Å². The van der Waals surface area contributed by atoms with E-state index in [9.17, 15) is 0 Å². The van der Waals surface area contributed by atoms with E-state index in [1.165, 1.54) is 0 Å². The van der Waals surface area contributed by atoms with Gasteiger partial charge in [-0.3, -0.25) is 4.98 Å². The number of pyridine rings is 1. The summed E-state index contributed by atoms with van der Waals surface area (Å²) < 4.78 is 0. The van der Waals surface area contributed by atoms with Gasteiger partial charge in [-0.2, -0.15) is 0 Å². The normalized spacial score (nSPS) is 4.92. The van der Waals surface area contributed by atoms with E-state index in [0.29, 0.717) is 0 Å². The molecule has 1 heterocycles. The van der Waals surface area contributed by atoms with Crippen LogP contribution in [0.4, 0.5) is 0 Å². The van der Waals surface area contributed by atoms with Crippen LogP contribution in [0.15, 0.2) is 30.6 Å². The molecule has 0 aliphatic rings. The molecule has 0 aliphatic heterocycles. The average molecular weight is 190 g/mol. The molecule has 1 aromatic heterocycles. The maximum absolute atomic E-state index is 8.35. The van der Waals surface area contributed by atoms with E-state index in [1.807, 2.05) is 23.1 Å². The van der Waals surface area contributed by atoms with Crippen molar-refractivity contribution in [2.75, 3.05) is 0 Å². The smallest absolute Gasteiger partial charge is 0.0267 e. The van der Waals surface area contributed by atoms with Crippen molar-refractivity contribution in [2.24, 2.45) is 0 Å². The standard InChI is InChI=1S/C5H5N.CHNO.H2N3.Na.H/c1-2-4-6-5-3-1;2-1-3;1-3-2;;/h1-5H;2H;1-2H;;/q;;+1;;. The first-order valence-corrected chi connectivity index (χ1v) is 2.75. The Hall–Kier alpha value is -1.16. The minimum atomic E-state index is 0. The fourth-order valence-corrected chi connectivity index (χ4v) is 0.313. The van der Waals surface area contributed by atoms with E-state index in [2.05, 4.69) is 4.98 Å². The number of aromatic nitrogens is 1. The van der Waals surface area contributed by atoms with Crippen LogP contribution in [0, 0.1) is 16.5 Å². The first-order valence-electron chi connectivity index (χ1n) is 2.75. The molecule has 1 aromatic rings. The van der Waals surface area contributed by atoms with Gasteiger partial charge in [0.2, 0.25) is 11.0 Å². The summed E-state index contributed by atoms with van der Waals surface area (Å²) >= 11 is 0. The maximum atomic E-state index is 8.35. The molecule has 1 rings (SSSR count). The molecule has 0 aliphatic carbocycles. The second kappa shape index (κ2) is 22.4. The third kappa shape index (κ3) is 36.2. The van der Waals surface area contributed by atoms with Crippen molar-refractivity contribution >= 4 is 35.6 Å². The molecule has 0 saturated carbocycles. The maximum Gasteiger partial charge on any atom is 0.0267 e. The van der Waals surface area contributed by atoms with Crippen molar-refractivity contribution < 1.29 is 4.79 Å². The molecule has 7 heteroatoms. The van der Waals surface area contributed by atoms with Gasteiger partial charge in [0.15, 0.2) is 0 Å². The number of hydrogen-bond donors (Lipinski definition) is 3. The first-order chi connectivity index (χ1) is 5.83. The predicted molar refractivity (Wildman–Crippen MR) is 47.4 cm³/mol. The van der Waals surface area contributed by atoms with Crippen LogP contribution in [0.2, 0.25) is 0 Å². The second-order valence-corrected chi connectivity index (χ2v) is 1.24. The third-order valence-corrected chi connectivity index (χ3v) is 0.566. The summed E-state index contributed by atoms with van der Waals surface area (Å²) in [4.78, 5) is 14.1. The average Bonchev–Trinajstić information content (AvgIpc) is 2.10. The molecular weight excluding hydrogens is 181 g/mol. The van der Waals surface area contributed by atoms with Crippen LogP contribution in [0.5, 0.6) is 0 Å². The van der Waals surface area contributed by atoms with Crippen LogP contribution in [0.25, 0.3) is 0 Å². The molecule has 0 spiro atoms. The van der Waals surface area contributed by atoms with Crippen molar-refractivity contribution in [3.05, 3.63) is 30.6 Å². The van der Waals surface area contributed by atoms with Gasteiger partial charge < -0.3 is 0 Å². The van der Waals surface area contributed by atoms with Crippen LogP contribution in [0.1, 0.15) is 0 Å². The van der Waals surface area contributed by atoms with Gasteiger partial charge in [-0.15, -0.1) is 0 Å². The molecule has 0 fully saturated rings. The van der Waals surface area contributed by atoms with Gasteiger partial charge in [0.25, 0.3) is 0 Å². The monoisotopic (exact) mass is 190 g/mol. The summed E-state index contributed by atoms with van der Waals surface area (Å²) in [6, 6.07) is 5.72. The Morgan fingerprint density at radius 2 is 1.46 bits per heavy atom. The molecule has 0 unspecified atom stereocenters. The fraction of sp³-hybridized carbons (Fsp3) is 0. The summed E-state index contributed by atoms with van der Waals surface area (Å²) in [6.45, 7) is 0. The van der Waals surface area contributed by atoms with Crippen LogP contribution >= 0.6 is 0 Å². The van der Waals surface area contributed by atoms with E-state index in [4.69, 9.17) is 21.3 Å². The second-order valence-electron chi connectivity index (χ2n) is 1.24. The molecule has 0 saturated heterocycles. The summed E-state index contributed by atoms with van der Waals surface area (Å²) in [6.07, 6.45) is 4.25. The predicted octanol–water partition coefficient (Wildman–Crippen LogP) is 0.450. The van der Waals surface area contributed by atoms with Gasteiger partial charge in [0, 0.05) is 12.4 Å². The van der Waals surface area contributed by atoms with E-state index in [1.54, 1.807) is 12.4 Å². The van der Waals surface area contributed by atoms with Gasteiger partial charge in [0.05, 0.1) is 0 Å². The molecule has 0 radical (unpaired) electrons. The van der Waals surface area contributed by atoms with E-state index < -0.39 is 0 Å². The zero-order valence-corrected chi connectivity index (χ0v) is 6.19. The van der Waals surface area contributed by atoms with Crippen molar-refractivity contribution in [1.29, 1.82) is 16.5 Å². The molecule has 6 nitrogen and oxygen atoms in total. The van der Waals surface area contributed by atoms with Crippen LogP contribution in [-0.4, -0.2) is 40.6 Å². The first kappa shape index (κ1) is 17.8. The summed E-state index contributed by atoms with van der Waals surface area (Å²) in [7, 11) is 0. The van der Waals surface area contributed by atoms with Crippen LogP contribution < -0.4 is 4.91 Å². The Labute approximate surface area is 97.2 Å². The molecular formula is C6H9N5NaO+. The summed E-state index contributed by atoms with van der Waals surface area (Å²) in [5, 5.41) is 5.40. The number of hydrogen-bond acceptors (Lipinski definition) is 5. The fourth-order valence-electron chi connectivity index (χ4n) is 0.313. The molecule has 0 bridgehead atoms. The Morgan fingerprint density at radius 1 is 1.15 bits per heavy atom. The van der Waals surface area contributed by atoms with Gasteiger partial charge in [0.1, 0.15) is 11.1 Å². The van der Waals surface area contributed by atoms with Gasteiger partial charge in [-0.05, 0) is 12.1 Å². The van der Waals surface area contributed by atoms with E-state index in [0.717, 1.165) is 6.08 Å². The molecule has 0 atom stereocenters. The molecule has 13 heavy (non-hydrogen) atoms. The van der Waals surface area contributed by atoms with Crippen molar-refractivity contribution in [2.45, 2.75) is 0 Å². The minimum absolute atomic E-state index is 0. The van der Waals surface area contributed by atoms with Crippen molar-refractivity contribution in [3.63, 3.8) is 0 Å². The zero-order chi connectivity index (χ0) is 9.66. The molecule has 3 N–H and O–H groups in total. The van der Waals surface area contributed by atoms with Crippen LogP contribution in [-0.2, 0) is 4.79 Å². The number of rotatable bonds is 0. The molecule has 0 amide bonds.